The predicted molar refractivity (Wildman–Crippen MR) is 81.9 cm³/mol. The molecule has 0 aliphatic carbocycles. The number of halogens is 1. The van der Waals surface area contributed by atoms with E-state index in [1.54, 1.807) is 12.1 Å². The molecule has 0 saturated carbocycles. The first-order valence-corrected chi connectivity index (χ1v) is 8.99. The zero-order valence-electron chi connectivity index (χ0n) is 10.4. The van der Waals surface area contributed by atoms with Crippen molar-refractivity contribution in [3.05, 3.63) is 50.6 Å². The molecule has 2 rings (SSSR count). The van der Waals surface area contributed by atoms with Gasteiger partial charge in [0.05, 0.1) is 4.90 Å². The summed E-state index contributed by atoms with van der Waals surface area (Å²) >= 11 is 4.90. The van der Waals surface area contributed by atoms with Crippen LogP contribution in [-0.4, -0.2) is 8.42 Å². The highest BCUT2D eigenvalue weighted by atomic mass is 79.9. The van der Waals surface area contributed by atoms with Crippen molar-refractivity contribution in [3.8, 4) is 0 Å². The Labute approximate surface area is 125 Å². The van der Waals surface area contributed by atoms with Crippen LogP contribution >= 0.6 is 27.3 Å². The molecule has 1 aromatic heterocycles. The number of rotatable bonds is 5. The molecular weight excluding hydrogens is 346 g/mol. The van der Waals surface area contributed by atoms with Gasteiger partial charge >= 0.3 is 0 Å². The van der Waals surface area contributed by atoms with Crippen molar-refractivity contribution in [3.63, 3.8) is 0 Å². The van der Waals surface area contributed by atoms with Gasteiger partial charge in [0.1, 0.15) is 0 Å². The lowest BCUT2D eigenvalue weighted by Gasteiger charge is -2.10. The molecule has 0 atom stereocenters. The van der Waals surface area contributed by atoms with Gasteiger partial charge in [-0.25, -0.2) is 13.1 Å². The first-order chi connectivity index (χ1) is 9.03. The molecule has 0 unspecified atom stereocenters. The molecule has 0 amide bonds. The summed E-state index contributed by atoms with van der Waals surface area (Å²) in [5, 5.41) is 1.93. The van der Waals surface area contributed by atoms with Crippen LogP contribution in [0, 0.1) is 0 Å². The highest BCUT2D eigenvalue weighted by Crippen LogP contribution is 2.21. The molecular formula is C13H14BrNO2S2. The highest BCUT2D eigenvalue weighted by molar-refractivity contribution is 9.10. The van der Waals surface area contributed by atoms with Gasteiger partial charge in [-0.15, -0.1) is 11.3 Å². The second-order valence-electron chi connectivity index (χ2n) is 4.01. The maximum atomic E-state index is 12.3. The zero-order chi connectivity index (χ0) is 13.9. The average molecular weight is 360 g/mol. The fourth-order valence-corrected chi connectivity index (χ4v) is 4.18. The smallest absolute Gasteiger partial charge is 0.207 e. The SMILES string of the molecule is CCc1cc(Br)ccc1S(=O)(=O)NCc1cccs1. The maximum absolute atomic E-state index is 12.3. The summed E-state index contributed by atoms with van der Waals surface area (Å²) in [4.78, 5) is 1.36. The number of nitrogens with one attached hydrogen (secondary N) is 1. The predicted octanol–water partition coefficient (Wildman–Crippen LogP) is 3.55. The summed E-state index contributed by atoms with van der Waals surface area (Å²) in [6.07, 6.45) is 0.675. The topological polar surface area (TPSA) is 46.2 Å². The van der Waals surface area contributed by atoms with Crippen molar-refractivity contribution in [2.75, 3.05) is 0 Å². The van der Waals surface area contributed by atoms with E-state index in [1.807, 2.05) is 30.5 Å². The number of hydrogen-bond donors (Lipinski definition) is 1. The molecule has 1 aromatic carbocycles. The van der Waals surface area contributed by atoms with Gasteiger partial charge < -0.3 is 0 Å². The van der Waals surface area contributed by atoms with Crippen LogP contribution in [0.1, 0.15) is 17.4 Å². The number of thiophene rings is 1. The lowest BCUT2D eigenvalue weighted by Crippen LogP contribution is -2.23. The minimum Gasteiger partial charge on any atom is -0.207 e. The summed E-state index contributed by atoms with van der Waals surface area (Å²) < 4.78 is 28.1. The van der Waals surface area contributed by atoms with E-state index in [9.17, 15) is 8.42 Å². The Morgan fingerprint density at radius 1 is 1.32 bits per heavy atom. The van der Waals surface area contributed by atoms with Crippen LogP contribution in [0.15, 0.2) is 45.1 Å². The minimum atomic E-state index is -3.46. The fourth-order valence-electron chi connectivity index (χ4n) is 1.74. The molecule has 19 heavy (non-hydrogen) atoms. The van der Waals surface area contributed by atoms with E-state index in [0.29, 0.717) is 17.9 Å². The molecule has 0 spiro atoms. The van der Waals surface area contributed by atoms with Gasteiger partial charge in [-0.05, 0) is 41.6 Å². The van der Waals surface area contributed by atoms with Crippen LogP contribution in [-0.2, 0) is 23.0 Å². The van der Waals surface area contributed by atoms with Crippen molar-refractivity contribution in [1.82, 2.24) is 4.72 Å². The van der Waals surface area contributed by atoms with E-state index >= 15 is 0 Å². The summed E-state index contributed by atoms with van der Waals surface area (Å²) in [5.74, 6) is 0. The van der Waals surface area contributed by atoms with E-state index in [0.717, 1.165) is 14.9 Å². The zero-order valence-corrected chi connectivity index (χ0v) is 13.6. The summed E-state index contributed by atoms with van der Waals surface area (Å²) in [7, 11) is -3.46. The molecule has 2 aromatic rings. The monoisotopic (exact) mass is 359 g/mol. The van der Waals surface area contributed by atoms with Gasteiger partial charge in [0.15, 0.2) is 0 Å². The molecule has 1 N–H and O–H groups in total. The largest absolute Gasteiger partial charge is 0.241 e. The van der Waals surface area contributed by atoms with E-state index < -0.39 is 10.0 Å². The second kappa shape index (κ2) is 6.17. The lowest BCUT2D eigenvalue weighted by atomic mass is 10.2. The Morgan fingerprint density at radius 2 is 2.11 bits per heavy atom. The second-order valence-corrected chi connectivity index (χ2v) is 7.69. The van der Waals surface area contributed by atoms with Crippen LogP contribution in [0.4, 0.5) is 0 Å². The molecule has 102 valence electrons. The van der Waals surface area contributed by atoms with Gasteiger partial charge in [0, 0.05) is 15.9 Å². The summed E-state index contributed by atoms with van der Waals surface area (Å²) in [6, 6.07) is 9.05. The van der Waals surface area contributed by atoms with Gasteiger partial charge in [0.25, 0.3) is 0 Å². The van der Waals surface area contributed by atoms with Crippen LogP contribution in [0.3, 0.4) is 0 Å². The van der Waals surface area contributed by atoms with Crippen molar-refractivity contribution in [2.24, 2.45) is 0 Å². The lowest BCUT2D eigenvalue weighted by molar-refractivity contribution is 0.580. The Kier molecular flexibility index (Phi) is 4.78. The number of hydrogen-bond acceptors (Lipinski definition) is 3. The Hall–Kier alpha value is -0.690. The Bertz CT molecular complexity index is 651. The van der Waals surface area contributed by atoms with Gasteiger partial charge in [-0.3, -0.25) is 0 Å². The number of sulfonamides is 1. The molecule has 0 radical (unpaired) electrons. The standard InChI is InChI=1S/C13H14BrNO2S2/c1-2-10-8-11(14)5-6-13(10)19(16,17)15-9-12-4-3-7-18-12/h3-8,15H,2,9H2,1H3. The fraction of sp³-hybridized carbons (Fsp3) is 0.231. The molecule has 0 aliphatic heterocycles. The molecule has 3 nitrogen and oxygen atoms in total. The highest BCUT2D eigenvalue weighted by Gasteiger charge is 2.17. The summed E-state index contributed by atoms with van der Waals surface area (Å²) in [6.45, 7) is 2.28. The third-order valence-corrected chi connectivity index (χ3v) is 5.58. The molecule has 0 fully saturated rings. The Morgan fingerprint density at radius 3 is 2.74 bits per heavy atom. The first-order valence-electron chi connectivity index (χ1n) is 5.83. The Balaban J connectivity index is 2.24. The van der Waals surface area contributed by atoms with Crippen LogP contribution < -0.4 is 4.72 Å². The molecule has 6 heteroatoms. The van der Waals surface area contributed by atoms with Crippen molar-refractivity contribution in [2.45, 2.75) is 24.8 Å². The number of aryl methyl sites for hydroxylation is 1. The van der Waals surface area contributed by atoms with Crippen molar-refractivity contribution < 1.29 is 8.42 Å². The van der Waals surface area contributed by atoms with E-state index in [1.165, 1.54) is 11.3 Å². The molecule has 0 bridgehead atoms. The maximum Gasteiger partial charge on any atom is 0.241 e. The van der Waals surface area contributed by atoms with E-state index in [2.05, 4.69) is 20.7 Å². The van der Waals surface area contributed by atoms with Gasteiger partial charge in [-0.2, -0.15) is 0 Å². The molecule has 1 heterocycles. The van der Waals surface area contributed by atoms with E-state index in [-0.39, 0.29) is 0 Å². The van der Waals surface area contributed by atoms with Gasteiger partial charge in [-0.1, -0.05) is 28.9 Å². The number of benzene rings is 1. The van der Waals surface area contributed by atoms with Crippen molar-refractivity contribution in [1.29, 1.82) is 0 Å². The van der Waals surface area contributed by atoms with E-state index in [4.69, 9.17) is 0 Å². The van der Waals surface area contributed by atoms with Crippen molar-refractivity contribution >= 4 is 37.3 Å². The van der Waals surface area contributed by atoms with Crippen LogP contribution in [0.25, 0.3) is 0 Å². The summed E-state index contributed by atoms with van der Waals surface area (Å²) in [5.41, 5.74) is 0.813. The van der Waals surface area contributed by atoms with Crippen LogP contribution in [0.2, 0.25) is 0 Å². The van der Waals surface area contributed by atoms with Crippen LogP contribution in [0.5, 0.6) is 0 Å². The quantitative estimate of drug-likeness (QED) is 0.886. The first kappa shape index (κ1) is 14.7. The molecule has 0 aliphatic rings. The normalized spacial score (nSPS) is 11.7. The molecule has 0 saturated heterocycles. The minimum absolute atomic E-state index is 0.333. The third-order valence-electron chi connectivity index (χ3n) is 2.71. The van der Waals surface area contributed by atoms with Gasteiger partial charge in [0.2, 0.25) is 10.0 Å². The third kappa shape index (κ3) is 3.66. The average Bonchev–Trinajstić information content (AvgIpc) is 2.89.